The van der Waals surface area contributed by atoms with Gasteiger partial charge in [-0.05, 0) is 44.1 Å². The van der Waals surface area contributed by atoms with E-state index in [4.69, 9.17) is 23.2 Å². The number of pyridine rings is 1. The number of aromatic carboxylic acids is 1. The molecule has 3 rings (SSSR count). The highest BCUT2D eigenvalue weighted by atomic mass is 35.5. The minimum absolute atomic E-state index is 0.250. The zero-order chi connectivity index (χ0) is 22.4. The number of H-pyrrole nitrogens is 1. The Hall–Kier alpha value is -2.77. The van der Waals surface area contributed by atoms with Crippen LogP contribution in [0.2, 0.25) is 10.0 Å². The second kappa shape index (κ2) is 10.3. The summed E-state index contributed by atoms with van der Waals surface area (Å²) in [6.45, 7) is 5.34. The molecular formula is C21H21Cl2FN3O3+. The van der Waals surface area contributed by atoms with Crippen LogP contribution in [0.1, 0.15) is 29.9 Å². The average Bonchev–Trinajstić information content (AvgIpc) is 2.71. The maximum absolute atomic E-state index is 13.2. The Bertz CT molecular complexity index is 1120. The van der Waals surface area contributed by atoms with E-state index in [0.717, 1.165) is 0 Å². The molecule has 2 aromatic heterocycles. The van der Waals surface area contributed by atoms with Crippen LogP contribution in [-0.4, -0.2) is 27.4 Å². The van der Waals surface area contributed by atoms with Gasteiger partial charge in [-0.3, -0.25) is 9.18 Å². The summed E-state index contributed by atoms with van der Waals surface area (Å²) in [5, 5.41) is 17.0. The van der Waals surface area contributed by atoms with Crippen molar-refractivity contribution in [1.29, 1.82) is 0 Å². The minimum Gasteiger partial charge on any atom is -0.477 e. The van der Waals surface area contributed by atoms with E-state index in [2.05, 4.69) is 10.2 Å². The largest absolute Gasteiger partial charge is 0.477 e. The number of rotatable bonds is 4. The first-order valence-corrected chi connectivity index (χ1v) is 9.88. The topological polar surface area (TPSA) is 86.3 Å². The molecule has 0 saturated heterocycles. The van der Waals surface area contributed by atoms with Gasteiger partial charge in [0.05, 0.1) is 39.7 Å². The van der Waals surface area contributed by atoms with Crippen molar-refractivity contribution in [2.24, 2.45) is 0 Å². The summed E-state index contributed by atoms with van der Waals surface area (Å²) in [7, 11) is 0. The maximum atomic E-state index is 13.2. The zero-order valence-corrected chi connectivity index (χ0v) is 18.2. The molecule has 0 unspecified atom stereocenters. The maximum Gasteiger partial charge on any atom is 0.341 e. The number of halogens is 3. The number of nitrogens with zero attached hydrogens (tertiary/aromatic N) is 2. The van der Waals surface area contributed by atoms with Gasteiger partial charge in [0.15, 0.2) is 0 Å². The third-order valence-electron chi connectivity index (χ3n) is 4.36. The van der Waals surface area contributed by atoms with Crippen molar-refractivity contribution in [3.63, 3.8) is 0 Å². The predicted octanol–water partition coefficient (Wildman–Crippen LogP) is 4.70. The summed E-state index contributed by atoms with van der Waals surface area (Å²) in [4.78, 5) is 25.2. The zero-order valence-electron chi connectivity index (χ0n) is 16.7. The molecule has 0 amide bonds. The Morgan fingerprint density at radius 3 is 2.37 bits per heavy atom. The standard InChI is InChI=1S/C19H15Cl2N3O3.C2H5F/c1-3-24-10(2)15(12-6-7-22-23-9-12)18(25)16(19(26)27)17(24)11-4-5-13(20)14(21)8-11;1-2-3/h4-9H,3H2,1-2H3,(H,26,27);2H2,1H3/p+1. The Labute approximate surface area is 182 Å². The fourth-order valence-corrected chi connectivity index (χ4v) is 3.48. The van der Waals surface area contributed by atoms with Gasteiger partial charge in [0.2, 0.25) is 11.6 Å². The fourth-order valence-electron chi connectivity index (χ4n) is 3.18. The van der Waals surface area contributed by atoms with Crippen molar-refractivity contribution in [1.82, 2.24) is 9.67 Å². The number of benzene rings is 1. The van der Waals surface area contributed by atoms with E-state index >= 15 is 0 Å². The van der Waals surface area contributed by atoms with Crippen LogP contribution in [0.4, 0.5) is 4.39 Å². The summed E-state index contributed by atoms with van der Waals surface area (Å²) in [6.07, 6.45) is 3.08. The molecule has 0 aliphatic rings. The van der Waals surface area contributed by atoms with E-state index < -0.39 is 11.4 Å². The number of hydrogen-bond acceptors (Lipinski definition) is 3. The van der Waals surface area contributed by atoms with E-state index in [0.29, 0.717) is 39.6 Å². The summed E-state index contributed by atoms with van der Waals surface area (Å²) >= 11 is 12.1. The Kier molecular flexibility index (Phi) is 8.08. The number of alkyl halides is 1. The van der Waals surface area contributed by atoms with E-state index in [-0.39, 0.29) is 17.3 Å². The van der Waals surface area contributed by atoms with Gasteiger partial charge in [0.1, 0.15) is 5.56 Å². The van der Waals surface area contributed by atoms with Crippen LogP contribution in [-0.2, 0) is 6.54 Å². The molecule has 2 heterocycles. The lowest BCUT2D eigenvalue weighted by molar-refractivity contribution is -0.454. The first-order chi connectivity index (χ1) is 14.3. The number of hydrogen-bond donors (Lipinski definition) is 1. The quantitative estimate of drug-likeness (QED) is 0.621. The monoisotopic (exact) mass is 452 g/mol. The molecular weight excluding hydrogens is 432 g/mol. The summed E-state index contributed by atoms with van der Waals surface area (Å²) in [5.74, 6) is -1.30. The van der Waals surface area contributed by atoms with Gasteiger partial charge in [0.25, 0.3) is 0 Å². The molecule has 0 bridgehead atoms. The molecule has 3 aromatic rings. The van der Waals surface area contributed by atoms with Gasteiger partial charge in [0, 0.05) is 17.8 Å². The lowest BCUT2D eigenvalue weighted by atomic mass is 9.97. The van der Waals surface area contributed by atoms with Gasteiger partial charge in [-0.25, -0.2) is 4.79 Å². The van der Waals surface area contributed by atoms with Crippen LogP contribution in [0.3, 0.4) is 0 Å². The van der Waals surface area contributed by atoms with Crippen LogP contribution >= 0.6 is 23.2 Å². The van der Waals surface area contributed by atoms with Gasteiger partial charge in [-0.1, -0.05) is 29.3 Å². The Morgan fingerprint density at radius 2 is 1.87 bits per heavy atom. The molecule has 9 heteroatoms. The molecule has 30 heavy (non-hydrogen) atoms. The first-order valence-electron chi connectivity index (χ1n) is 9.12. The highest BCUT2D eigenvalue weighted by Gasteiger charge is 2.26. The molecule has 0 fully saturated rings. The third-order valence-corrected chi connectivity index (χ3v) is 5.10. The number of carboxylic acid groups (broad SMARTS) is 1. The van der Waals surface area contributed by atoms with Crippen molar-refractivity contribution < 1.29 is 19.4 Å². The smallest absolute Gasteiger partial charge is 0.341 e. The first kappa shape index (κ1) is 23.5. The van der Waals surface area contributed by atoms with Crippen molar-refractivity contribution in [2.75, 3.05) is 6.67 Å². The molecule has 0 aliphatic carbocycles. The van der Waals surface area contributed by atoms with Gasteiger partial charge in [-0.15, -0.1) is 5.10 Å². The fraction of sp³-hybridized carbons (Fsp3) is 0.238. The van der Waals surface area contributed by atoms with Crippen molar-refractivity contribution in [3.8, 4) is 22.4 Å². The number of aromatic amines is 1. The second-order valence-corrected chi connectivity index (χ2v) is 6.95. The molecule has 0 spiro atoms. The van der Waals surface area contributed by atoms with E-state index in [1.807, 2.05) is 6.92 Å². The van der Waals surface area contributed by atoms with Crippen LogP contribution in [0, 0.1) is 6.92 Å². The van der Waals surface area contributed by atoms with Gasteiger partial charge in [-0.2, -0.15) is 0 Å². The van der Waals surface area contributed by atoms with Crippen LogP contribution in [0.5, 0.6) is 0 Å². The van der Waals surface area contributed by atoms with Crippen LogP contribution in [0.25, 0.3) is 22.4 Å². The highest BCUT2D eigenvalue weighted by molar-refractivity contribution is 6.42. The molecule has 0 aliphatic heterocycles. The van der Waals surface area contributed by atoms with Gasteiger partial charge < -0.3 is 9.67 Å². The molecule has 6 nitrogen and oxygen atoms in total. The predicted molar refractivity (Wildman–Crippen MR) is 115 cm³/mol. The lowest BCUT2D eigenvalue weighted by Crippen LogP contribution is -2.25. The molecule has 1 aromatic carbocycles. The second-order valence-electron chi connectivity index (χ2n) is 6.13. The lowest BCUT2D eigenvalue weighted by Gasteiger charge is -2.20. The summed E-state index contributed by atoms with van der Waals surface area (Å²) in [5.41, 5.74) is 1.46. The molecule has 158 valence electrons. The average molecular weight is 453 g/mol. The van der Waals surface area contributed by atoms with Crippen molar-refractivity contribution in [2.45, 2.75) is 27.3 Å². The van der Waals surface area contributed by atoms with Crippen molar-refractivity contribution >= 4 is 29.2 Å². The van der Waals surface area contributed by atoms with E-state index in [1.165, 1.54) is 13.1 Å². The molecule has 0 radical (unpaired) electrons. The SMILES string of the molecule is CCF.CCn1c(C)c(-c2ccn[nH+]c2)c(=O)c(C(=O)O)c1-c1ccc(Cl)c(Cl)c1. The number of carboxylic acids is 1. The summed E-state index contributed by atoms with van der Waals surface area (Å²) in [6, 6.07) is 6.46. The number of nitrogens with one attached hydrogen (secondary N) is 1. The van der Waals surface area contributed by atoms with Crippen molar-refractivity contribution in [3.05, 3.63) is 68.2 Å². The van der Waals surface area contributed by atoms with Crippen LogP contribution < -0.4 is 10.5 Å². The highest BCUT2D eigenvalue weighted by Crippen LogP contribution is 2.32. The van der Waals surface area contributed by atoms with Gasteiger partial charge >= 0.3 is 5.97 Å². The Morgan fingerprint density at radius 1 is 1.20 bits per heavy atom. The number of carbonyl (C=O) groups is 1. The van der Waals surface area contributed by atoms with E-state index in [1.54, 1.807) is 42.0 Å². The number of aromatic nitrogens is 3. The van der Waals surface area contributed by atoms with E-state index in [9.17, 15) is 19.1 Å². The van der Waals surface area contributed by atoms with Crippen LogP contribution in [0.15, 0.2) is 41.5 Å². The Balaban J connectivity index is 0.00000101. The summed E-state index contributed by atoms with van der Waals surface area (Å²) < 4.78 is 12.1. The minimum atomic E-state index is -1.30. The third kappa shape index (κ3) is 4.68. The molecule has 0 atom stereocenters. The molecule has 0 saturated carbocycles. The normalized spacial score (nSPS) is 10.3. The molecule has 2 N–H and O–H groups in total.